The van der Waals surface area contributed by atoms with Gasteiger partial charge in [-0.05, 0) is 61.9 Å². The number of nitrogens with zero attached hydrogens (tertiary/aromatic N) is 3. The largest absolute Gasteiger partial charge is 0.383 e. The first-order valence-electron chi connectivity index (χ1n) is 10.5. The fourth-order valence-electron chi connectivity index (χ4n) is 4.82. The van der Waals surface area contributed by atoms with Crippen LogP contribution in [0.3, 0.4) is 0 Å². The van der Waals surface area contributed by atoms with Crippen LogP contribution in [0.25, 0.3) is 10.9 Å². The topological polar surface area (TPSA) is 45.7 Å². The van der Waals surface area contributed by atoms with E-state index in [1.165, 1.54) is 16.5 Å². The summed E-state index contributed by atoms with van der Waals surface area (Å²) >= 11 is 0. The number of fused-ring (bicyclic) bond motifs is 1. The number of piperidine rings is 1. The summed E-state index contributed by atoms with van der Waals surface area (Å²) in [5, 5.41) is 1.23. The second-order valence-electron chi connectivity index (χ2n) is 8.34. The zero-order valence-corrected chi connectivity index (χ0v) is 17.3. The Bertz CT molecular complexity index is 882. The SMILES string of the molecule is CCc1ccc2nc(N3CC[C@]4(CCCN(CCOC)C4=O)C3)cc(C)c2c1. The van der Waals surface area contributed by atoms with Gasteiger partial charge in [-0.25, -0.2) is 4.98 Å². The Balaban J connectivity index is 1.57. The van der Waals surface area contributed by atoms with Crippen LogP contribution in [0, 0.1) is 12.3 Å². The molecule has 28 heavy (non-hydrogen) atoms. The monoisotopic (exact) mass is 381 g/mol. The van der Waals surface area contributed by atoms with E-state index in [1.807, 2.05) is 4.90 Å². The average molecular weight is 382 g/mol. The number of pyridine rings is 1. The van der Waals surface area contributed by atoms with Gasteiger partial charge in [-0.2, -0.15) is 0 Å². The van der Waals surface area contributed by atoms with E-state index in [4.69, 9.17) is 9.72 Å². The number of methoxy groups -OCH3 is 1. The van der Waals surface area contributed by atoms with Gasteiger partial charge in [0.25, 0.3) is 0 Å². The minimum absolute atomic E-state index is 0.247. The summed E-state index contributed by atoms with van der Waals surface area (Å²) in [6, 6.07) is 8.75. The third kappa shape index (κ3) is 3.37. The third-order valence-corrected chi connectivity index (χ3v) is 6.54. The van der Waals surface area contributed by atoms with Gasteiger partial charge in [0.2, 0.25) is 5.91 Å². The van der Waals surface area contributed by atoms with Crippen LogP contribution < -0.4 is 4.90 Å². The molecule has 2 aromatic rings. The highest BCUT2D eigenvalue weighted by atomic mass is 16.5. The zero-order chi connectivity index (χ0) is 19.7. The summed E-state index contributed by atoms with van der Waals surface area (Å²) in [7, 11) is 1.69. The zero-order valence-electron chi connectivity index (χ0n) is 17.3. The van der Waals surface area contributed by atoms with Crippen LogP contribution in [-0.2, 0) is 16.0 Å². The van der Waals surface area contributed by atoms with Crippen molar-refractivity contribution in [3.63, 3.8) is 0 Å². The number of likely N-dealkylation sites (tertiary alicyclic amines) is 1. The number of ether oxygens (including phenoxy) is 1. The van der Waals surface area contributed by atoms with Crippen LogP contribution in [0.15, 0.2) is 24.3 Å². The molecular formula is C23H31N3O2. The quantitative estimate of drug-likeness (QED) is 0.794. The van der Waals surface area contributed by atoms with Crippen LogP contribution in [0.5, 0.6) is 0 Å². The molecule has 0 N–H and O–H groups in total. The van der Waals surface area contributed by atoms with Crippen molar-refractivity contribution in [2.45, 2.75) is 39.5 Å². The third-order valence-electron chi connectivity index (χ3n) is 6.54. The smallest absolute Gasteiger partial charge is 0.230 e. The predicted molar refractivity (Wildman–Crippen MR) is 113 cm³/mol. The highest BCUT2D eigenvalue weighted by Gasteiger charge is 2.48. The van der Waals surface area contributed by atoms with Crippen LogP contribution in [0.2, 0.25) is 0 Å². The van der Waals surface area contributed by atoms with Crippen molar-refractivity contribution in [3.8, 4) is 0 Å². The van der Waals surface area contributed by atoms with Crippen LogP contribution in [-0.4, -0.2) is 55.7 Å². The molecule has 0 aliphatic carbocycles. The summed E-state index contributed by atoms with van der Waals surface area (Å²) in [6.45, 7) is 8.18. The molecule has 0 unspecified atom stereocenters. The summed E-state index contributed by atoms with van der Waals surface area (Å²) in [4.78, 5) is 22.5. The highest BCUT2D eigenvalue weighted by molar-refractivity contribution is 5.86. The fraction of sp³-hybridized carbons (Fsp3) is 0.565. The Morgan fingerprint density at radius 3 is 2.86 bits per heavy atom. The lowest BCUT2D eigenvalue weighted by Crippen LogP contribution is -2.51. The maximum Gasteiger partial charge on any atom is 0.230 e. The number of carbonyl (C=O) groups is 1. The lowest BCUT2D eigenvalue weighted by Gasteiger charge is -2.39. The molecule has 5 nitrogen and oxygen atoms in total. The van der Waals surface area contributed by atoms with E-state index < -0.39 is 0 Å². The predicted octanol–water partition coefficient (Wildman–Crippen LogP) is 3.57. The molecule has 1 amide bonds. The Labute approximate surface area is 167 Å². The van der Waals surface area contributed by atoms with Crippen molar-refractivity contribution in [3.05, 3.63) is 35.4 Å². The number of aromatic nitrogens is 1. The van der Waals surface area contributed by atoms with Crippen molar-refractivity contribution in [2.24, 2.45) is 5.41 Å². The van der Waals surface area contributed by atoms with E-state index in [9.17, 15) is 4.79 Å². The fourth-order valence-corrected chi connectivity index (χ4v) is 4.82. The molecule has 4 rings (SSSR count). The van der Waals surface area contributed by atoms with Crippen molar-refractivity contribution >= 4 is 22.6 Å². The van der Waals surface area contributed by atoms with Crippen LogP contribution >= 0.6 is 0 Å². The number of benzene rings is 1. The van der Waals surface area contributed by atoms with Crippen LogP contribution in [0.4, 0.5) is 5.82 Å². The highest BCUT2D eigenvalue weighted by Crippen LogP contribution is 2.41. The van der Waals surface area contributed by atoms with Gasteiger partial charge in [0.15, 0.2) is 0 Å². The lowest BCUT2D eigenvalue weighted by atomic mass is 9.78. The van der Waals surface area contributed by atoms with Gasteiger partial charge in [0.1, 0.15) is 5.82 Å². The molecule has 150 valence electrons. The molecule has 5 heteroatoms. The van der Waals surface area contributed by atoms with Crippen molar-refractivity contribution in [2.75, 3.05) is 44.8 Å². The Morgan fingerprint density at radius 1 is 1.21 bits per heavy atom. The molecule has 2 aliphatic rings. The minimum atomic E-state index is -0.247. The standard InChI is InChI=1S/C23H31N3O2/c1-4-18-6-7-20-19(15-18)17(2)14-21(24-20)26-11-9-23(16-26)8-5-10-25(22(23)27)12-13-28-3/h6-7,14-15H,4-5,8-13,16H2,1-3H3/t23-/m1/s1. The average Bonchev–Trinajstić information content (AvgIpc) is 3.14. The molecule has 1 aromatic carbocycles. The van der Waals surface area contributed by atoms with E-state index in [0.29, 0.717) is 19.1 Å². The van der Waals surface area contributed by atoms with Crippen molar-refractivity contribution in [1.82, 2.24) is 9.88 Å². The molecule has 2 aliphatic heterocycles. The Kier molecular flexibility index (Phi) is 5.28. The van der Waals surface area contributed by atoms with E-state index in [2.05, 4.69) is 43.0 Å². The van der Waals surface area contributed by atoms with Gasteiger partial charge in [-0.15, -0.1) is 0 Å². The van der Waals surface area contributed by atoms with E-state index in [0.717, 1.165) is 56.7 Å². The van der Waals surface area contributed by atoms with Crippen molar-refractivity contribution < 1.29 is 9.53 Å². The van der Waals surface area contributed by atoms with Gasteiger partial charge in [-0.1, -0.05) is 13.0 Å². The number of hydrogen-bond donors (Lipinski definition) is 0. The molecule has 2 fully saturated rings. The normalized spacial score (nSPS) is 22.6. The van der Waals surface area contributed by atoms with Gasteiger partial charge >= 0.3 is 0 Å². The maximum atomic E-state index is 13.2. The summed E-state index contributed by atoms with van der Waals surface area (Å²) in [5.74, 6) is 1.32. The number of aryl methyl sites for hydroxylation is 2. The van der Waals surface area contributed by atoms with Gasteiger partial charge < -0.3 is 14.5 Å². The summed E-state index contributed by atoms with van der Waals surface area (Å²) in [5.41, 5.74) is 3.40. The molecule has 2 saturated heterocycles. The van der Waals surface area contributed by atoms with Crippen molar-refractivity contribution in [1.29, 1.82) is 0 Å². The van der Waals surface area contributed by atoms with Gasteiger partial charge in [-0.3, -0.25) is 4.79 Å². The van der Waals surface area contributed by atoms with Gasteiger partial charge in [0, 0.05) is 38.7 Å². The molecular weight excluding hydrogens is 350 g/mol. The summed E-state index contributed by atoms with van der Waals surface area (Å²) in [6.07, 6.45) is 4.02. The number of rotatable bonds is 5. The molecule has 0 radical (unpaired) electrons. The molecule has 1 spiro atoms. The van der Waals surface area contributed by atoms with Gasteiger partial charge in [0.05, 0.1) is 17.5 Å². The lowest BCUT2D eigenvalue weighted by molar-refractivity contribution is -0.145. The maximum absolute atomic E-state index is 13.2. The second kappa shape index (κ2) is 7.70. The molecule has 1 aromatic heterocycles. The van der Waals surface area contributed by atoms with E-state index in [1.54, 1.807) is 7.11 Å². The number of amides is 1. The molecule has 0 bridgehead atoms. The Hall–Kier alpha value is -2.14. The first-order valence-corrected chi connectivity index (χ1v) is 10.5. The minimum Gasteiger partial charge on any atom is -0.383 e. The summed E-state index contributed by atoms with van der Waals surface area (Å²) < 4.78 is 5.19. The van der Waals surface area contributed by atoms with Crippen LogP contribution in [0.1, 0.15) is 37.3 Å². The molecule has 3 heterocycles. The number of hydrogen-bond acceptors (Lipinski definition) is 4. The molecule has 0 saturated carbocycles. The van der Waals surface area contributed by atoms with E-state index in [-0.39, 0.29) is 5.41 Å². The number of anilines is 1. The molecule has 1 atom stereocenters. The Morgan fingerprint density at radius 2 is 2.07 bits per heavy atom. The number of carbonyl (C=O) groups excluding carboxylic acids is 1. The second-order valence-corrected chi connectivity index (χ2v) is 8.34. The van der Waals surface area contributed by atoms with E-state index >= 15 is 0 Å². The first-order chi connectivity index (χ1) is 13.6. The first kappa shape index (κ1) is 19.2.